The summed E-state index contributed by atoms with van der Waals surface area (Å²) in [6.45, 7) is -0.148. The van der Waals surface area contributed by atoms with E-state index < -0.39 is 15.9 Å². The number of benzene rings is 2. The first kappa shape index (κ1) is 20.9. The average Bonchev–Trinajstić information content (AvgIpc) is 2.61. The van der Waals surface area contributed by atoms with E-state index in [0.29, 0.717) is 6.42 Å². The van der Waals surface area contributed by atoms with Crippen molar-refractivity contribution in [3.63, 3.8) is 0 Å². The van der Waals surface area contributed by atoms with Crippen molar-refractivity contribution in [2.75, 3.05) is 6.54 Å². The van der Waals surface area contributed by atoms with Gasteiger partial charge in [-0.2, -0.15) is 0 Å². The Balaban J connectivity index is 0.00000312. The first-order chi connectivity index (χ1) is 11.5. The monoisotopic (exact) mass is 380 g/mol. The zero-order valence-electron chi connectivity index (χ0n) is 13.5. The van der Waals surface area contributed by atoms with Crippen molar-refractivity contribution in [3.8, 4) is 0 Å². The maximum atomic E-state index is 12.3. The Kier molecular flexibility index (Phi) is 8.34. The van der Waals surface area contributed by atoms with Crippen LogP contribution in [0.3, 0.4) is 0 Å². The zero-order chi connectivity index (χ0) is 17.4. The molecule has 3 N–H and O–H groups in total. The normalized spacial score (nSPS) is 12.4. The van der Waals surface area contributed by atoms with Crippen molar-refractivity contribution < 1.29 is 13.2 Å². The van der Waals surface area contributed by atoms with E-state index in [1.54, 1.807) is 18.2 Å². The molecule has 1 atom stereocenters. The largest absolute Gasteiger partial charge is 0.348 e. The fourth-order valence-corrected chi connectivity index (χ4v) is 3.28. The molecule has 7 heteroatoms. The SMILES string of the molecule is Cl.NCC(=O)N[C@H](/C=C/S(=O)(=O)c1ccccc1)Cc1ccccc1. The molecule has 0 aliphatic carbocycles. The summed E-state index contributed by atoms with van der Waals surface area (Å²) in [4.78, 5) is 11.8. The molecule has 0 aliphatic heterocycles. The molecule has 1 amide bonds. The van der Waals surface area contributed by atoms with E-state index in [0.717, 1.165) is 11.0 Å². The zero-order valence-corrected chi connectivity index (χ0v) is 15.2. The van der Waals surface area contributed by atoms with Crippen LogP contribution in [0, 0.1) is 0 Å². The highest BCUT2D eigenvalue weighted by molar-refractivity contribution is 7.94. The number of halogens is 1. The number of nitrogens with one attached hydrogen (secondary N) is 1. The van der Waals surface area contributed by atoms with E-state index in [1.165, 1.54) is 18.2 Å². The van der Waals surface area contributed by atoms with Crippen molar-refractivity contribution in [1.82, 2.24) is 5.32 Å². The lowest BCUT2D eigenvalue weighted by atomic mass is 10.1. The number of hydrogen-bond donors (Lipinski definition) is 2. The average molecular weight is 381 g/mol. The maximum absolute atomic E-state index is 12.3. The van der Waals surface area contributed by atoms with Crippen LogP contribution < -0.4 is 11.1 Å². The van der Waals surface area contributed by atoms with Crippen LogP contribution in [0.4, 0.5) is 0 Å². The van der Waals surface area contributed by atoms with Crippen LogP contribution in [0.25, 0.3) is 0 Å². The van der Waals surface area contributed by atoms with E-state index >= 15 is 0 Å². The third-order valence-corrected chi connectivity index (χ3v) is 4.84. The van der Waals surface area contributed by atoms with Gasteiger partial charge in [0.25, 0.3) is 0 Å². The van der Waals surface area contributed by atoms with Gasteiger partial charge in [-0.15, -0.1) is 12.4 Å². The maximum Gasteiger partial charge on any atom is 0.234 e. The summed E-state index contributed by atoms with van der Waals surface area (Å²) in [6.07, 6.45) is 1.97. The van der Waals surface area contributed by atoms with Crippen LogP contribution >= 0.6 is 12.4 Å². The molecule has 0 bridgehead atoms. The molecule has 134 valence electrons. The third kappa shape index (κ3) is 6.70. The fourth-order valence-electron chi connectivity index (χ4n) is 2.19. The lowest BCUT2D eigenvalue weighted by Crippen LogP contribution is -2.39. The van der Waals surface area contributed by atoms with Gasteiger partial charge in [0.15, 0.2) is 9.84 Å². The minimum Gasteiger partial charge on any atom is -0.348 e. The molecule has 5 nitrogen and oxygen atoms in total. The van der Waals surface area contributed by atoms with Gasteiger partial charge < -0.3 is 11.1 Å². The molecule has 2 aromatic rings. The van der Waals surface area contributed by atoms with Crippen molar-refractivity contribution in [2.24, 2.45) is 5.73 Å². The molecule has 0 radical (unpaired) electrons. The van der Waals surface area contributed by atoms with Crippen LogP contribution in [0.15, 0.2) is 77.0 Å². The lowest BCUT2D eigenvalue weighted by Gasteiger charge is -2.15. The first-order valence-electron chi connectivity index (χ1n) is 7.53. The second-order valence-electron chi connectivity index (χ2n) is 5.25. The Morgan fingerprint density at radius 2 is 1.60 bits per heavy atom. The standard InChI is InChI=1S/C18H20N2O3S.ClH/c19-14-18(21)20-16(13-15-7-3-1-4-8-15)11-12-24(22,23)17-9-5-2-6-10-17;/h1-12,16H,13-14,19H2,(H,20,21);1H/b12-11+;/t16-;/m1./s1. The molecule has 0 aromatic heterocycles. The smallest absolute Gasteiger partial charge is 0.234 e. The topological polar surface area (TPSA) is 89.3 Å². The minimum absolute atomic E-state index is 0. The minimum atomic E-state index is -3.55. The van der Waals surface area contributed by atoms with Gasteiger partial charge >= 0.3 is 0 Å². The van der Waals surface area contributed by atoms with Crippen molar-refractivity contribution >= 4 is 28.2 Å². The molecule has 2 aromatic carbocycles. The quantitative estimate of drug-likeness (QED) is 0.769. The Morgan fingerprint density at radius 3 is 2.16 bits per heavy atom. The van der Waals surface area contributed by atoms with Gasteiger partial charge in [-0.3, -0.25) is 4.79 Å². The van der Waals surface area contributed by atoms with E-state index in [9.17, 15) is 13.2 Å². The number of sulfone groups is 1. The van der Waals surface area contributed by atoms with E-state index in [1.807, 2.05) is 30.3 Å². The van der Waals surface area contributed by atoms with Crippen LogP contribution in [-0.4, -0.2) is 26.9 Å². The first-order valence-corrected chi connectivity index (χ1v) is 9.07. The molecule has 2 rings (SSSR count). The highest BCUT2D eigenvalue weighted by Gasteiger charge is 2.13. The van der Waals surface area contributed by atoms with Gasteiger partial charge in [0, 0.05) is 5.41 Å². The molecule has 0 heterocycles. The van der Waals surface area contributed by atoms with Gasteiger partial charge in [0.05, 0.1) is 17.5 Å². The number of rotatable bonds is 7. The van der Waals surface area contributed by atoms with Gasteiger partial charge in [0.2, 0.25) is 5.91 Å². The summed E-state index contributed by atoms with van der Waals surface area (Å²) in [5.41, 5.74) is 6.32. The Hall–Kier alpha value is -2.15. The molecule has 0 spiro atoms. The summed E-state index contributed by atoms with van der Waals surface area (Å²) in [6, 6.07) is 17.2. The van der Waals surface area contributed by atoms with E-state index in [-0.39, 0.29) is 29.8 Å². The predicted molar refractivity (Wildman–Crippen MR) is 101 cm³/mol. The number of carbonyl (C=O) groups is 1. The van der Waals surface area contributed by atoms with Crippen molar-refractivity contribution in [1.29, 1.82) is 0 Å². The van der Waals surface area contributed by atoms with Crippen LogP contribution in [0.5, 0.6) is 0 Å². The Morgan fingerprint density at radius 1 is 1.04 bits per heavy atom. The predicted octanol–water partition coefficient (Wildman–Crippen LogP) is 2.08. The summed E-state index contributed by atoms with van der Waals surface area (Å²) in [7, 11) is -3.55. The third-order valence-electron chi connectivity index (χ3n) is 3.39. The van der Waals surface area contributed by atoms with Gasteiger partial charge in [-0.25, -0.2) is 8.42 Å². The Labute approximate surface area is 154 Å². The molecule has 0 saturated heterocycles. The fraction of sp³-hybridized carbons (Fsp3) is 0.167. The molecule has 0 saturated carbocycles. The Bertz CT molecular complexity index is 794. The highest BCUT2D eigenvalue weighted by atomic mass is 35.5. The number of nitrogens with two attached hydrogens (primary N) is 1. The van der Waals surface area contributed by atoms with Crippen LogP contribution in [0.2, 0.25) is 0 Å². The summed E-state index contributed by atoms with van der Waals surface area (Å²) >= 11 is 0. The molecular weight excluding hydrogens is 360 g/mol. The van der Waals surface area contributed by atoms with E-state index in [2.05, 4.69) is 5.32 Å². The summed E-state index contributed by atoms with van der Waals surface area (Å²) in [5, 5.41) is 3.86. The van der Waals surface area contributed by atoms with Gasteiger partial charge in [0.1, 0.15) is 0 Å². The van der Waals surface area contributed by atoms with Crippen LogP contribution in [0.1, 0.15) is 5.56 Å². The van der Waals surface area contributed by atoms with Crippen molar-refractivity contribution in [2.45, 2.75) is 17.4 Å². The second-order valence-corrected chi connectivity index (χ2v) is 7.09. The van der Waals surface area contributed by atoms with Gasteiger partial charge in [-0.1, -0.05) is 54.6 Å². The molecule has 0 aliphatic rings. The molecular formula is C18H21ClN2O3S. The van der Waals surface area contributed by atoms with Gasteiger partial charge in [-0.05, 0) is 24.1 Å². The summed E-state index contributed by atoms with van der Waals surface area (Å²) < 4.78 is 24.6. The molecule has 25 heavy (non-hydrogen) atoms. The van der Waals surface area contributed by atoms with Crippen molar-refractivity contribution in [3.05, 3.63) is 77.7 Å². The molecule has 0 unspecified atom stereocenters. The lowest BCUT2D eigenvalue weighted by molar-refractivity contribution is -0.120. The number of hydrogen-bond acceptors (Lipinski definition) is 4. The van der Waals surface area contributed by atoms with E-state index in [4.69, 9.17) is 5.73 Å². The molecule has 0 fully saturated rings. The number of carbonyl (C=O) groups excluding carboxylic acids is 1. The summed E-state index contributed by atoms with van der Waals surface area (Å²) in [5.74, 6) is -0.335. The van der Waals surface area contributed by atoms with Crippen LogP contribution in [-0.2, 0) is 21.1 Å². The second kappa shape index (κ2) is 9.98. The number of amides is 1. The highest BCUT2D eigenvalue weighted by Crippen LogP contribution is 2.12.